The van der Waals surface area contributed by atoms with Gasteiger partial charge in [-0.2, -0.15) is 0 Å². The van der Waals surface area contributed by atoms with Gasteiger partial charge in [0.1, 0.15) is 5.60 Å². The Kier molecular flexibility index (Phi) is 6.83. The number of ether oxygens (including phenoxy) is 1. The van der Waals surface area contributed by atoms with Crippen LogP contribution < -0.4 is 5.32 Å². The molecular weight excluding hydrogens is 250 g/mol. The quantitative estimate of drug-likeness (QED) is 0.686. The van der Waals surface area contributed by atoms with E-state index >= 15 is 0 Å². The number of rotatable bonds is 6. The summed E-state index contributed by atoms with van der Waals surface area (Å²) in [5.41, 5.74) is -0.637. The summed E-state index contributed by atoms with van der Waals surface area (Å²) in [5.74, 6) is -1.16. The number of carbonyl (C=O) groups is 2. The highest BCUT2D eigenvalue weighted by Crippen LogP contribution is 2.15. The molecule has 0 spiro atoms. The highest BCUT2D eigenvalue weighted by atomic mass is 16.6. The van der Waals surface area contributed by atoms with Crippen LogP contribution in [0.2, 0.25) is 0 Å². The maximum absolute atomic E-state index is 11.7. The van der Waals surface area contributed by atoms with Crippen molar-refractivity contribution in [2.45, 2.75) is 65.2 Å². The van der Waals surface area contributed by atoms with Gasteiger partial charge in [0, 0.05) is 0 Å². The van der Waals surface area contributed by atoms with Crippen molar-refractivity contribution in [2.24, 2.45) is 5.92 Å². The predicted octanol–water partition coefficient (Wildman–Crippen LogP) is 1.76. The standard InChI is InChI=1S/C13H25NO5/c1-6-8(2)11(9(15)7-10(16)17)14-12(18)19-13(3,4)5/h8-9,11,15H,6-7H2,1-5H3,(H,14,18)(H,16,17)/t8-,9+,11-/m0/s1. The van der Waals surface area contributed by atoms with E-state index in [0.29, 0.717) is 6.42 Å². The number of hydrogen-bond acceptors (Lipinski definition) is 4. The van der Waals surface area contributed by atoms with E-state index in [9.17, 15) is 14.7 Å². The molecule has 0 bridgehead atoms. The minimum Gasteiger partial charge on any atom is -0.481 e. The lowest BCUT2D eigenvalue weighted by molar-refractivity contribution is -0.139. The summed E-state index contributed by atoms with van der Waals surface area (Å²) in [4.78, 5) is 22.3. The zero-order chi connectivity index (χ0) is 15.2. The van der Waals surface area contributed by atoms with Gasteiger partial charge in [0.25, 0.3) is 0 Å². The van der Waals surface area contributed by atoms with Gasteiger partial charge in [-0.15, -0.1) is 0 Å². The lowest BCUT2D eigenvalue weighted by Gasteiger charge is -2.29. The van der Waals surface area contributed by atoms with Crippen molar-refractivity contribution in [1.29, 1.82) is 0 Å². The third kappa shape index (κ3) is 7.66. The van der Waals surface area contributed by atoms with Crippen molar-refractivity contribution < 1.29 is 24.5 Å². The van der Waals surface area contributed by atoms with E-state index in [-0.39, 0.29) is 5.92 Å². The van der Waals surface area contributed by atoms with Crippen LogP contribution in [0.25, 0.3) is 0 Å². The monoisotopic (exact) mass is 275 g/mol. The van der Waals surface area contributed by atoms with E-state index in [1.165, 1.54) is 0 Å². The van der Waals surface area contributed by atoms with Crippen molar-refractivity contribution in [2.75, 3.05) is 0 Å². The van der Waals surface area contributed by atoms with Crippen LogP contribution in [0.5, 0.6) is 0 Å². The molecule has 0 aliphatic heterocycles. The van der Waals surface area contributed by atoms with Gasteiger partial charge in [0.2, 0.25) is 0 Å². The molecule has 0 aliphatic rings. The molecule has 0 aromatic heterocycles. The second-order valence-corrected chi connectivity index (χ2v) is 5.72. The summed E-state index contributed by atoms with van der Waals surface area (Å²) in [5, 5.41) is 21.1. The van der Waals surface area contributed by atoms with Crippen LogP contribution in [0, 0.1) is 5.92 Å². The van der Waals surface area contributed by atoms with Gasteiger partial charge in [-0.1, -0.05) is 20.3 Å². The lowest BCUT2D eigenvalue weighted by atomic mass is 9.93. The van der Waals surface area contributed by atoms with Crippen molar-refractivity contribution in [3.8, 4) is 0 Å². The third-order valence-electron chi connectivity index (χ3n) is 2.74. The van der Waals surface area contributed by atoms with Gasteiger partial charge in [-0.3, -0.25) is 4.79 Å². The van der Waals surface area contributed by atoms with Crippen LogP contribution in [-0.2, 0) is 9.53 Å². The number of aliphatic carboxylic acids is 1. The topological polar surface area (TPSA) is 95.9 Å². The molecular formula is C13H25NO5. The van der Waals surface area contributed by atoms with Gasteiger partial charge in [0.05, 0.1) is 18.6 Å². The second-order valence-electron chi connectivity index (χ2n) is 5.72. The van der Waals surface area contributed by atoms with Crippen LogP contribution in [-0.4, -0.2) is 40.0 Å². The van der Waals surface area contributed by atoms with E-state index in [1.807, 2.05) is 13.8 Å². The fourth-order valence-corrected chi connectivity index (χ4v) is 1.62. The first-order valence-corrected chi connectivity index (χ1v) is 6.46. The largest absolute Gasteiger partial charge is 0.481 e. The molecule has 0 fully saturated rings. The van der Waals surface area contributed by atoms with Gasteiger partial charge in [0.15, 0.2) is 0 Å². The van der Waals surface area contributed by atoms with Crippen LogP contribution in [0.15, 0.2) is 0 Å². The molecule has 3 N–H and O–H groups in total. The van der Waals surface area contributed by atoms with Crippen LogP contribution >= 0.6 is 0 Å². The fraction of sp³-hybridized carbons (Fsp3) is 0.846. The second kappa shape index (κ2) is 7.33. The molecule has 0 heterocycles. The maximum Gasteiger partial charge on any atom is 0.407 e. The molecule has 0 unspecified atom stereocenters. The third-order valence-corrected chi connectivity index (χ3v) is 2.74. The summed E-state index contributed by atoms with van der Waals surface area (Å²) in [7, 11) is 0. The molecule has 112 valence electrons. The van der Waals surface area contributed by atoms with Crippen LogP contribution in [0.4, 0.5) is 4.79 Å². The number of aliphatic hydroxyl groups excluding tert-OH is 1. The molecule has 6 heteroatoms. The van der Waals surface area contributed by atoms with Crippen molar-refractivity contribution in [3.63, 3.8) is 0 Å². The summed E-state index contributed by atoms with van der Waals surface area (Å²) in [6.07, 6.45) is -1.50. The van der Waals surface area contributed by atoms with Gasteiger partial charge < -0.3 is 20.3 Å². The van der Waals surface area contributed by atoms with Gasteiger partial charge >= 0.3 is 12.1 Å². The molecule has 0 radical (unpaired) electrons. The number of carbonyl (C=O) groups excluding carboxylic acids is 1. The molecule has 0 aliphatic carbocycles. The minimum atomic E-state index is -1.14. The summed E-state index contributed by atoms with van der Waals surface area (Å²) in [6, 6.07) is -0.643. The molecule has 1 amide bonds. The van der Waals surface area contributed by atoms with Crippen molar-refractivity contribution in [1.82, 2.24) is 5.32 Å². The number of alkyl carbamates (subject to hydrolysis) is 1. The Morgan fingerprint density at radius 3 is 2.21 bits per heavy atom. The Labute approximate surface area is 114 Å². The Morgan fingerprint density at radius 2 is 1.84 bits per heavy atom. The normalized spacial score (nSPS) is 16.3. The van der Waals surface area contributed by atoms with Crippen molar-refractivity contribution >= 4 is 12.1 Å². The Balaban J connectivity index is 4.68. The molecule has 0 saturated heterocycles. The smallest absolute Gasteiger partial charge is 0.407 e. The first-order chi connectivity index (χ1) is 8.56. The molecule has 0 saturated carbocycles. The number of carboxylic acids is 1. The highest BCUT2D eigenvalue weighted by molar-refractivity contribution is 5.69. The van der Waals surface area contributed by atoms with Gasteiger partial charge in [-0.25, -0.2) is 4.79 Å². The van der Waals surface area contributed by atoms with E-state index < -0.39 is 36.2 Å². The zero-order valence-electron chi connectivity index (χ0n) is 12.3. The SMILES string of the molecule is CC[C@H](C)[C@H](NC(=O)OC(C)(C)C)[C@H](O)CC(=O)O. The Bertz CT molecular complexity index is 311. The first kappa shape index (κ1) is 17.7. The van der Waals surface area contributed by atoms with E-state index in [2.05, 4.69) is 5.32 Å². The Hall–Kier alpha value is -1.30. The molecule has 6 nitrogen and oxygen atoms in total. The Morgan fingerprint density at radius 1 is 1.32 bits per heavy atom. The van der Waals surface area contributed by atoms with Crippen molar-refractivity contribution in [3.05, 3.63) is 0 Å². The number of aliphatic hydroxyl groups is 1. The lowest BCUT2D eigenvalue weighted by Crippen LogP contribution is -2.49. The fourth-order valence-electron chi connectivity index (χ4n) is 1.62. The number of amides is 1. The molecule has 0 aromatic rings. The maximum atomic E-state index is 11.7. The van der Waals surface area contributed by atoms with E-state index in [0.717, 1.165) is 0 Å². The predicted molar refractivity (Wildman–Crippen MR) is 70.9 cm³/mol. The van der Waals surface area contributed by atoms with Crippen LogP contribution in [0.3, 0.4) is 0 Å². The molecule has 0 aromatic carbocycles. The highest BCUT2D eigenvalue weighted by Gasteiger charge is 2.29. The summed E-state index contributed by atoms with van der Waals surface area (Å²) < 4.78 is 5.11. The zero-order valence-corrected chi connectivity index (χ0v) is 12.3. The number of nitrogens with one attached hydrogen (secondary N) is 1. The molecule has 0 rings (SSSR count). The minimum absolute atomic E-state index is 0.0538. The number of hydrogen-bond donors (Lipinski definition) is 3. The average Bonchev–Trinajstić information content (AvgIpc) is 2.21. The van der Waals surface area contributed by atoms with Gasteiger partial charge in [-0.05, 0) is 26.7 Å². The van der Waals surface area contributed by atoms with E-state index in [1.54, 1.807) is 20.8 Å². The summed E-state index contributed by atoms with van der Waals surface area (Å²) in [6.45, 7) is 8.95. The average molecular weight is 275 g/mol. The van der Waals surface area contributed by atoms with Crippen LogP contribution in [0.1, 0.15) is 47.5 Å². The first-order valence-electron chi connectivity index (χ1n) is 6.46. The molecule has 3 atom stereocenters. The number of carboxylic acid groups (broad SMARTS) is 1. The summed E-state index contributed by atoms with van der Waals surface area (Å²) >= 11 is 0. The van der Waals surface area contributed by atoms with E-state index in [4.69, 9.17) is 9.84 Å². The molecule has 19 heavy (non-hydrogen) atoms.